The molecule has 0 heterocycles. The Morgan fingerprint density at radius 1 is 1.27 bits per heavy atom. The molecule has 84 valence electrons. The van der Waals surface area contributed by atoms with E-state index in [4.69, 9.17) is 9.84 Å². The predicted molar refractivity (Wildman–Crippen MR) is 62.0 cm³/mol. The third-order valence-corrected chi connectivity index (χ3v) is 2.60. The van der Waals surface area contributed by atoms with Crippen LogP contribution in [0, 0.1) is 5.92 Å². The molecule has 0 aliphatic heterocycles. The largest absolute Gasteiger partial charge is 0.494 e. The zero-order valence-corrected chi connectivity index (χ0v) is 9.36. The smallest absolute Gasteiger partial charge is 0.119 e. The zero-order chi connectivity index (χ0) is 10.9. The Balaban J connectivity index is 2.12. The molecule has 0 bridgehead atoms. The quantitative estimate of drug-likeness (QED) is 0.698. The Hall–Kier alpha value is -1.02. The summed E-state index contributed by atoms with van der Waals surface area (Å²) >= 11 is 0. The molecule has 1 rings (SSSR count). The van der Waals surface area contributed by atoms with Gasteiger partial charge in [-0.15, -0.1) is 0 Å². The molecule has 0 aliphatic carbocycles. The minimum Gasteiger partial charge on any atom is -0.494 e. The van der Waals surface area contributed by atoms with Gasteiger partial charge in [-0.05, 0) is 30.9 Å². The van der Waals surface area contributed by atoms with Crippen molar-refractivity contribution in [2.45, 2.75) is 26.2 Å². The number of hydrogen-bond donors (Lipinski definition) is 1. The molecule has 0 saturated carbocycles. The van der Waals surface area contributed by atoms with Crippen molar-refractivity contribution in [2.75, 3.05) is 13.2 Å². The lowest BCUT2D eigenvalue weighted by Crippen LogP contribution is -2.07. The maximum atomic E-state index is 9.00. The van der Waals surface area contributed by atoms with Crippen LogP contribution in [-0.4, -0.2) is 18.3 Å². The molecule has 0 saturated heterocycles. The van der Waals surface area contributed by atoms with E-state index in [0.717, 1.165) is 31.6 Å². The summed E-state index contributed by atoms with van der Waals surface area (Å²) < 4.78 is 5.56. The van der Waals surface area contributed by atoms with E-state index < -0.39 is 0 Å². The maximum absolute atomic E-state index is 9.00. The van der Waals surface area contributed by atoms with Gasteiger partial charge >= 0.3 is 0 Å². The van der Waals surface area contributed by atoms with Crippen LogP contribution in [0.1, 0.15) is 26.2 Å². The Bertz CT molecular complexity index is 242. The van der Waals surface area contributed by atoms with Crippen LogP contribution in [0.15, 0.2) is 30.3 Å². The fourth-order valence-electron chi connectivity index (χ4n) is 1.50. The molecule has 1 aromatic carbocycles. The second-order valence-corrected chi connectivity index (χ2v) is 3.76. The molecule has 1 atom stereocenters. The minimum absolute atomic E-state index is 0.293. The molecule has 2 nitrogen and oxygen atoms in total. The van der Waals surface area contributed by atoms with E-state index in [1.54, 1.807) is 0 Å². The first-order valence-electron chi connectivity index (χ1n) is 5.65. The number of benzene rings is 1. The molecule has 0 aromatic heterocycles. The minimum atomic E-state index is 0.293. The average Bonchev–Trinajstić information content (AvgIpc) is 2.31. The number of ether oxygens (including phenoxy) is 1. The molecule has 0 spiro atoms. The third kappa shape index (κ3) is 4.84. The van der Waals surface area contributed by atoms with Crippen molar-refractivity contribution in [3.05, 3.63) is 30.3 Å². The monoisotopic (exact) mass is 208 g/mol. The first kappa shape index (κ1) is 12.1. The molecule has 1 aromatic rings. The summed E-state index contributed by atoms with van der Waals surface area (Å²) in [6.07, 6.45) is 3.09. The normalized spacial score (nSPS) is 12.4. The van der Waals surface area contributed by atoms with E-state index in [0.29, 0.717) is 12.5 Å². The van der Waals surface area contributed by atoms with Crippen LogP contribution in [0.4, 0.5) is 0 Å². The van der Waals surface area contributed by atoms with Crippen molar-refractivity contribution in [1.82, 2.24) is 0 Å². The average molecular weight is 208 g/mol. The van der Waals surface area contributed by atoms with Crippen LogP contribution in [0.25, 0.3) is 0 Å². The second kappa shape index (κ2) is 7.30. The van der Waals surface area contributed by atoms with Crippen molar-refractivity contribution < 1.29 is 9.84 Å². The highest BCUT2D eigenvalue weighted by Gasteiger charge is 2.03. The van der Waals surface area contributed by atoms with Crippen LogP contribution in [0.3, 0.4) is 0 Å². The summed E-state index contributed by atoms with van der Waals surface area (Å²) in [7, 11) is 0. The second-order valence-electron chi connectivity index (χ2n) is 3.76. The molecule has 0 aliphatic rings. The van der Waals surface area contributed by atoms with Crippen molar-refractivity contribution in [3.8, 4) is 5.75 Å². The van der Waals surface area contributed by atoms with Crippen molar-refractivity contribution >= 4 is 0 Å². The molecular weight excluding hydrogens is 188 g/mol. The van der Waals surface area contributed by atoms with E-state index >= 15 is 0 Å². The highest BCUT2D eigenvalue weighted by atomic mass is 16.5. The topological polar surface area (TPSA) is 29.5 Å². The molecule has 15 heavy (non-hydrogen) atoms. The van der Waals surface area contributed by atoms with E-state index in [2.05, 4.69) is 6.92 Å². The fraction of sp³-hybridized carbons (Fsp3) is 0.538. The van der Waals surface area contributed by atoms with Gasteiger partial charge < -0.3 is 9.84 Å². The van der Waals surface area contributed by atoms with Gasteiger partial charge in [-0.2, -0.15) is 0 Å². The maximum Gasteiger partial charge on any atom is 0.119 e. The van der Waals surface area contributed by atoms with Crippen LogP contribution in [0.2, 0.25) is 0 Å². The van der Waals surface area contributed by atoms with E-state index in [1.807, 2.05) is 30.3 Å². The highest BCUT2D eigenvalue weighted by molar-refractivity contribution is 5.20. The van der Waals surface area contributed by atoms with Gasteiger partial charge in [0.15, 0.2) is 0 Å². The number of rotatable bonds is 7. The van der Waals surface area contributed by atoms with Crippen LogP contribution >= 0.6 is 0 Å². The van der Waals surface area contributed by atoms with Crippen molar-refractivity contribution in [1.29, 1.82) is 0 Å². The van der Waals surface area contributed by atoms with Crippen LogP contribution in [-0.2, 0) is 0 Å². The van der Waals surface area contributed by atoms with Crippen molar-refractivity contribution in [3.63, 3.8) is 0 Å². The summed E-state index contributed by atoms with van der Waals surface area (Å²) in [6, 6.07) is 9.84. The van der Waals surface area contributed by atoms with Gasteiger partial charge in [0, 0.05) is 6.61 Å². The number of hydrogen-bond acceptors (Lipinski definition) is 2. The standard InChI is InChI=1S/C13H20O2/c1-2-12(11-14)7-6-10-15-13-8-4-3-5-9-13/h3-5,8-9,12,14H,2,6-7,10-11H2,1H3. The van der Waals surface area contributed by atoms with Crippen molar-refractivity contribution in [2.24, 2.45) is 5.92 Å². The van der Waals surface area contributed by atoms with E-state index in [9.17, 15) is 0 Å². The van der Waals surface area contributed by atoms with Gasteiger partial charge in [-0.3, -0.25) is 0 Å². The number of para-hydroxylation sites is 1. The molecule has 0 amide bonds. The number of aliphatic hydroxyl groups excluding tert-OH is 1. The number of aliphatic hydroxyl groups is 1. The SMILES string of the molecule is CCC(CO)CCCOc1ccccc1. The molecular formula is C13H20O2. The lowest BCUT2D eigenvalue weighted by atomic mass is 10.0. The molecule has 0 radical (unpaired) electrons. The molecule has 0 fully saturated rings. The lowest BCUT2D eigenvalue weighted by Gasteiger charge is -2.11. The first-order chi connectivity index (χ1) is 7.36. The Labute approximate surface area is 91.9 Å². The predicted octanol–water partition coefficient (Wildman–Crippen LogP) is 2.86. The molecule has 2 heteroatoms. The molecule has 1 N–H and O–H groups in total. The van der Waals surface area contributed by atoms with Gasteiger partial charge in [0.1, 0.15) is 5.75 Å². The van der Waals surface area contributed by atoms with Crippen LogP contribution < -0.4 is 4.74 Å². The summed E-state index contributed by atoms with van der Waals surface area (Å²) in [5.74, 6) is 1.36. The zero-order valence-electron chi connectivity index (χ0n) is 9.36. The Kier molecular flexibility index (Phi) is 5.86. The Morgan fingerprint density at radius 2 is 2.00 bits per heavy atom. The summed E-state index contributed by atoms with van der Waals surface area (Å²) in [4.78, 5) is 0. The lowest BCUT2D eigenvalue weighted by molar-refractivity contribution is 0.202. The van der Waals surface area contributed by atoms with Crippen LogP contribution in [0.5, 0.6) is 5.75 Å². The van der Waals surface area contributed by atoms with E-state index in [-0.39, 0.29) is 0 Å². The first-order valence-corrected chi connectivity index (χ1v) is 5.65. The third-order valence-electron chi connectivity index (χ3n) is 2.60. The summed E-state index contributed by atoms with van der Waals surface area (Å²) in [5.41, 5.74) is 0. The summed E-state index contributed by atoms with van der Waals surface area (Å²) in [6.45, 7) is 3.14. The van der Waals surface area contributed by atoms with Gasteiger partial charge in [0.05, 0.1) is 6.61 Å². The fourth-order valence-corrected chi connectivity index (χ4v) is 1.50. The van der Waals surface area contributed by atoms with E-state index in [1.165, 1.54) is 0 Å². The highest BCUT2D eigenvalue weighted by Crippen LogP contribution is 2.12. The van der Waals surface area contributed by atoms with Gasteiger partial charge in [-0.1, -0.05) is 31.5 Å². The summed E-state index contributed by atoms with van der Waals surface area (Å²) in [5, 5.41) is 9.00. The van der Waals surface area contributed by atoms with Gasteiger partial charge in [0.2, 0.25) is 0 Å². The molecule has 1 unspecified atom stereocenters. The van der Waals surface area contributed by atoms with Gasteiger partial charge in [0.25, 0.3) is 0 Å². The van der Waals surface area contributed by atoms with Gasteiger partial charge in [-0.25, -0.2) is 0 Å². The Morgan fingerprint density at radius 3 is 2.60 bits per heavy atom.